The van der Waals surface area contributed by atoms with Gasteiger partial charge in [-0.05, 0) is 47.4 Å². The van der Waals surface area contributed by atoms with Crippen molar-refractivity contribution in [2.45, 2.75) is 65.0 Å². The molecule has 0 aliphatic rings. The summed E-state index contributed by atoms with van der Waals surface area (Å²) < 4.78 is 5.22. The summed E-state index contributed by atoms with van der Waals surface area (Å²) in [5.74, 6) is 0.0838. The first kappa shape index (κ1) is 28.9. The minimum absolute atomic E-state index is 0.0838. The van der Waals surface area contributed by atoms with Gasteiger partial charge >= 0.3 is 0 Å². The van der Waals surface area contributed by atoms with Gasteiger partial charge in [-0.3, -0.25) is 9.69 Å². The number of carbonyl (C=O) groups is 1. The Morgan fingerprint density at radius 3 is 2.49 bits per heavy atom. The number of hydrogen-bond donors (Lipinski definition) is 2. The number of para-hydroxylation sites is 1. The van der Waals surface area contributed by atoms with Crippen LogP contribution in [0.25, 0.3) is 10.9 Å². The molecule has 0 aliphatic carbocycles. The number of aromatic amines is 1. The summed E-state index contributed by atoms with van der Waals surface area (Å²) >= 11 is 0. The molecule has 2 N–H and O–H groups in total. The Hall–Kier alpha value is -2.67. The third kappa shape index (κ3) is 8.70. The molecule has 0 fully saturated rings. The first-order valence-electron chi connectivity index (χ1n) is 13.5. The van der Waals surface area contributed by atoms with Crippen LogP contribution in [0.1, 0.15) is 57.2 Å². The number of ether oxygens (including phenoxy) is 1. The molecule has 0 radical (unpaired) electrons. The number of aromatic nitrogens is 1. The van der Waals surface area contributed by atoms with Gasteiger partial charge in [0.2, 0.25) is 5.91 Å². The summed E-state index contributed by atoms with van der Waals surface area (Å²) in [6, 6.07) is 16.9. The van der Waals surface area contributed by atoms with E-state index in [1.807, 2.05) is 17.9 Å². The van der Waals surface area contributed by atoms with Crippen LogP contribution in [0, 0.1) is 0 Å². The van der Waals surface area contributed by atoms with Gasteiger partial charge in [-0.25, -0.2) is 0 Å². The SMILES string of the molecule is CCC(O)CN(CCCOC)CC(=O)N(CCc1c[nH]c2ccccc12)Cc1ccc(C(C)(C)C)cc1. The molecule has 3 aromatic rings. The van der Waals surface area contributed by atoms with Gasteiger partial charge in [-0.15, -0.1) is 0 Å². The Balaban J connectivity index is 1.77. The van der Waals surface area contributed by atoms with E-state index < -0.39 is 6.10 Å². The van der Waals surface area contributed by atoms with Gasteiger partial charge in [0.1, 0.15) is 0 Å². The lowest BCUT2D eigenvalue weighted by Crippen LogP contribution is -2.43. The maximum absolute atomic E-state index is 13.7. The highest BCUT2D eigenvalue weighted by Crippen LogP contribution is 2.23. The summed E-state index contributed by atoms with van der Waals surface area (Å²) in [5, 5.41) is 11.5. The standard InChI is InChI=1S/C31H45N3O3/c1-6-27(35)22-33(17-9-19-37-5)23-30(36)34(21-24-12-14-26(15-13-24)31(2,3)4)18-16-25-20-32-29-11-8-7-10-28(25)29/h7-8,10-15,20,27,32,35H,6,9,16-19,21-23H2,1-5H3. The number of carbonyl (C=O) groups excluding carboxylic acids is 1. The molecule has 3 rings (SSSR count). The van der Waals surface area contributed by atoms with Gasteiger partial charge in [0.05, 0.1) is 12.6 Å². The van der Waals surface area contributed by atoms with Crippen LogP contribution in [-0.4, -0.2) is 71.8 Å². The third-order valence-corrected chi connectivity index (χ3v) is 6.99. The van der Waals surface area contributed by atoms with Crippen molar-refractivity contribution < 1.29 is 14.6 Å². The molecule has 0 aliphatic heterocycles. The molecule has 0 bridgehead atoms. The average molecular weight is 508 g/mol. The zero-order chi connectivity index (χ0) is 26.8. The number of benzene rings is 2. The number of rotatable bonds is 14. The van der Waals surface area contributed by atoms with Crippen LogP contribution < -0.4 is 0 Å². The Labute approximate surface area is 222 Å². The third-order valence-electron chi connectivity index (χ3n) is 6.99. The lowest BCUT2D eigenvalue weighted by Gasteiger charge is -2.29. The lowest BCUT2D eigenvalue weighted by molar-refractivity contribution is -0.133. The van der Waals surface area contributed by atoms with Gasteiger partial charge in [-0.1, -0.05) is 70.2 Å². The fraction of sp³-hybridized carbons (Fsp3) is 0.516. The fourth-order valence-corrected chi connectivity index (χ4v) is 4.60. The van der Waals surface area contributed by atoms with Crippen molar-refractivity contribution in [2.75, 3.05) is 39.9 Å². The molecule has 2 aromatic carbocycles. The zero-order valence-corrected chi connectivity index (χ0v) is 23.3. The van der Waals surface area contributed by atoms with Crippen molar-refractivity contribution in [2.24, 2.45) is 0 Å². The maximum Gasteiger partial charge on any atom is 0.237 e. The van der Waals surface area contributed by atoms with E-state index in [1.165, 1.54) is 16.5 Å². The highest BCUT2D eigenvalue weighted by molar-refractivity contribution is 5.83. The van der Waals surface area contributed by atoms with E-state index in [4.69, 9.17) is 4.74 Å². The van der Waals surface area contributed by atoms with Crippen molar-refractivity contribution in [1.82, 2.24) is 14.8 Å². The van der Waals surface area contributed by atoms with Gasteiger partial charge in [0.25, 0.3) is 0 Å². The summed E-state index contributed by atoms with van der Waals surface area (Å²) in [4.78, 5) is 21.1. The van der Waals surface area contributed by atoms with Crippen LogP contribution in [0.2, 0.25) is 0 Å². The van der Waals surface area contributed by atoms with Crippen molar-refractivity contribution in [3.05, 3.63) is 71.4 Å². The largest absolute Gasteiger partial charge is 0.392 e. The molecule has 1 atom stereocenters. The van der Waals surface area contributed by atoms with E-state index in [2.05, 4.69) is 79.3 Å². The molecule has 202 valence electrons. The van der Waals surface area contributed by atoms with Crippen LogP contribution in [-0.2, 0) is 27.9 Å². The van der Waals surface area contributed by atoms with E-state index in [0.29, 0.717) is 39.2 Å². The van der Waals surface area contributed by atoms with Crippen LogP contribution in [0.3, 0.4) is 0 Å². The maximum atomic E-state index is 13.7. The second kappa shape index (κ2) is 13.8. The minimum Gasteiger partial charge on any atom is -0.392 e. The molecule has 6 heteroatoms. The number of H-pyrrole nitrogens is 1. The Bertz CT molecular complexity index is 1100. The normalized spacial score (nSPS) is 12.8. The number of aliphatic hydroxyl groups excluding tert-OH is 1. The van der Waals surface area contributed by atoms with Crippen molar-refractivity contribution >= 4 is 16.8 Å². The molecule has 1 unspecified atom stereocenters. The number of methoxy groups -OCH3 is 1. The smallest absolute Gasteiger partial charge is 0.237 e. The van der Waals surface area contributed by atoms with Gasteiger partial charge < -0.3 is 19.7 Å². The number of fused-ring (bicyclic) bond motifs is 1. The van der Waals surface area contributed by atoms with E-state index in [0.717, 1.165) is 23.9 Å². The molecule has 0 saturated carbocycles. The van der Waals surface area contributed by atoms with Crippen molar-refractivity contribution in [1.29, 1.82) is 0 Å². The van der Waals surface area contributed by atoms with E-state index >= 15 is 0 Å². The second-order valence-electron chi connectivity index (χ2n) is 11.0. The number of aliphatic hydroxyl groups is 1. The van der Waals surface area contributed by atoms with Crippen LogP contribution >= 0.6 is 0 Å². The number of hydrogen-bond acceptors (Lipinski definition) is 4. The molecule has 37 heavy (non-hydrogen) atoms. The molecule has 0 saturated heterocycles. The van der Waals surface area contributed by atoms with Gasteiger partial charge in [-0.2, -0.15) is 0 Å². The lowest BCUT2D eigenvalue weighted by atomic mass is 9.87. The Kier molecular flexibility index (Phi) is 10.7. The van der Waals surface area contributed by atoms with Crippen LogP contribution in [0.4, 0.5) is 0 Å². The monoisotopic (exact) mass is 507 g/mol. The molecule has 6 nitrogen and oxygen atoms in total. The molecule has 1 amide bonds. The van der Waals surface area contributed by atoms with Crippen molar-refractivity contribution in [3.63, 3.8) is 0 Å². The fourth-order valence-electron chi connectivity index (χ4n) is 4.60. The topological polar surface area (TPSA) is 68.8 Å². The predicted molar refractivity (Wildman–Crippen MR) is 152 cm³/mol. The van der Waals surface area contributed by atoms with Crippen LogP contribution in [0.15, 0.2) is 54.7 Å². The van der Waals surface area contributed by atoms with Crippen molar-refractivity contribution in [3.8, 4) is 0 Å². The highest BCUT2D eigenvalue weighted by Gasteiger charge is 2.21. The number of amides is 1. The van der Waals surface area contributed by atoms with E-state index in [-0.39, 0.29) is 17.9 Å². The molecular weight excluding hydrogens is 462 g/mol. The van der Waals surface area contributed by atoms with Gasteiger partial charge in [0.15, 0.2) is 0 Å². The quantitative estimate of drug-likeness (QED) is 0.296. The summed E-state index contributed by atoms with van der Waals surface area (Å²) in [7, 11) is 1.69. The number of nitrogens with zero attached hydrogens (tertiary/aromatic N) is 2. The Morgan fingerprint density at radius 2 is 1.81 bits per heavy atom. The zero-order valence-electron chi connectivity index (χ0n) is 23.3. The molecule has 0 spiro atoms. The molecular formula is C31H45N3O3. The first-order chi connectivity index (χ1) is 17.7. The number of nitrogens with one attached hydrogen (secondary N) is 1. The minimum atomic E-state index is -0.444. The Morgan fingerprint density at radius 1 is 1.08 bits per heavy atom. The highest BCUT2D eigenvalue weighted by atomic mass is 16.5. The summed E-state index contributed by atoms with van der Waals surface area (Å²) in [5.41, 5.74) is 4.83. The molecule has 1 aromatic heterocycles. The second-order valence-corrected chi connectivity index (χ2v) is 11.0. The van der Waals surface area contributed by atoms with E-state index in [1.54, 1.807) is 7.11 Å². The van der Waals surface area contributed by atoms with Crippen LogP contribution in [0.5, 0.6) is 0 Å². The summed E-state index contributed by atoms with van der Waals surface area (Å²) in [6.45, 7) is 11.9. The average Bonchev–Trinajstić information content (AvgIpc) is 3.29. The molecule has 1 heterocycles. The van der Waals surface area contributed by atoms with E-state index in [9.17, 15) is 9.90 Å². The first-order valence-corrected chi connectivity index (χ1v) is 13.5. The predicted octanol–water partition coefficient (Wildman–Crippen LogP) is 5.15. The summed E-state index contributed by atoms with van der Waals surface area (Å²) in [6.07, 6.45) is 3.88. The van der Waals surface area contributed by atoms with Gasteiger partial charge in [0, 0.05) is 57.0 Å².